The van der Waals surface area contributed by atoms with Crippen molar-refractivity contribution in [2.45, 2.75) is 13.0 Å². The largest absolute Gasteiger partial charge is 0.383 e. The van der Waals surface area contributed by atoms with Gasteiger partial charge in [0.2, 0.25) is 5.91 Å². The Morgan fingerprint density at radius 1 is 1.47 bits per heavy atom. The van der Waals surface area contributed by atoms with Crippen LogP contribution in [0.15, 0.2) is 0 Å². The molecule has 1 atom stereocenters. The number of likely N-dealkylation sites (N-methyl/N-ethyl adjacent to an activating group) is 2. The SMILES string of the molecule is CNC(=O)C(C)NCCN(C)CCOC. The maximum absolute atomic E-state index is 11.2. The molecule has 0 aliphatic rings. The van der Waals surface area contributed by atoms with E-state index in [1.807, 2.05) is 14.0 Å². The van der Waals surface area contributed by atoms with Crippen molar-refractivity contribution in [3.8, 4) is 0 Å². The van der Waals surface area contributed by atoms with Crippen molar-refractivity contribution < 1.29 is 9.53 Å². The second-order valence-electron chi connectivity index (χ2n) is 3.59. The zero-order valence-electron chi connectivity index (χ0n) is 10.2. The van der Waals surface area contributed by atoms with Crippen LogP contribution in [0, 0.1) is 0 Å². The Hall–Kier alpha value is -0.650. The van der Waals surface area contributed by atoms with Gasteiger partial charge in [-0.1, -0.05) is 0 Å². The summed E-state index contributed by atoms with van der Waals surface area (Å²) in [5.74, 6) is 0.0227. The fourth-order valence-corrected chi connectivity index (χ4v) is 1.14. The summed E-state index contributed by atoms with van der Waals surface area (Å²) in [5.41, 5.74) is 0. The molecule has 0 fully saturated rings. The average Bonchev–Trinajstić information content (AvgIpc) is 2.24. The van der Waals surface area contributed by atoms with E-state index in [1.54, 1.807) is 14.2 Å². The number of ether oxygens (including phenoxy) is 1. The van der Waals surface area contributed by atoms with Crippen LogP contribution in [0.5, 0.6) is 0 Å². The highest BCUT2D eigenvalue weighted by Crippen LogP contribution is 1.84. The van der Waals surface area contributed by atoms with E-state index in [0.717, 1.165) is 26.2 Å². The number of methoxy groups -OCH3 is 1. The van der Waals surface area contributed by atoms with Gasteiger partial charge in [0, 0.05) is 33.8 Å². The first-order chi connectivity index (χ1) is 7.11. The van der Waals surface area contributed by atoms with Gasteiger partial charge in [0.1, 0.15) is 0 Å². The molecule has 5 nitrogen and oxygen atoms in total. The number of nitrogens with one attached hydrogen (secondary N) is 2. The number of nitrogens with zero attached hydrogens (tertiary/aromatic N) is 1. The molecule has 0 aliphatic carbocycles. The molecule has 90 valence electrons. The van der Waals surface area contributed by atoms with Gasteiger partial charge in [-0.2, -0.15) is 0 Å². The van der Waals surface area contributed by atoms with Crippen molar-refractivity contribution in [2.24, 2.45) is 0 Å². The Balaban J connectivity index is 3.47. The number of hydrogen-bond acceptors (Lipinski definition) is 4. The lowest BCUT2D eigenvalue weighted by Gasteiger charge is -2.18. The van der Waals surface area contributed by atoms with Crippen LogP contribution in [0.1, 0.15) is 6.92 Å². The van der Waals surface area contributed by atoms with Crippen LogP contribution < -0.4 is 10.6 Å². The number of amides is 1. The van der Waals surface area contributed by atoms with Crippen molar-refractivity contribution in [1.29, 1.82) is 0 Å². The molecular weight excluding hydrogens is 194 g/mol. The molecule has 0 spiro atoms. The van der Waals surface area contributed by atoms with Crippen molar-refractivity contribution >= 4 is 5.91 Å². The van der Waals surface area contributed by atoms with Crippen LogP contribution in [-0.4, -0.2) is 64.3 Å². The van der Waals surface area contributed by atoms with Crippen molar-refractivity contribution in [3.05, 3.63) is 0 Å². The van der Waals surface area contributed by atoms with Crippen LogP contribution in [0.4, 0.5) is 0 Å². The molecule has 0 heterocycles. The van der Waals surface area contributed by atoms with Crippen LogP contribution >= 0.6 is 0 Å². The fraction of sp³-hybridized carbons (Fsp3) is 0.900. The van der Waals surface area contributed by atoms with Crippen molar-refractivity contribution in [1.82, 2.24) is 15.5 Å². The third kappa shape index (κ3) is 7.30. The first-order valence-electron chi connectivity index (χ1n) is 5.24. The lowest BCUT2D eigenvalue weighted by molar-refractivity contribution is -0.122. The summed E-state index contributed by atoms with van der Waals surface area (Å²) in [6.45, 7) is 5.21. The molecule has 0 rings (SSSR count). The Labute approximate surface area is 92.2 Å². The maximum atomic E-state index is 11.2. The van der Waals surface area contributed by atoms with Gasteiger partial charge in [-0.3, -0.25) is 4.79 Å². The molecule has 0 radical (unpaired) electrons. The summed E-state index contributed by atoms with van der Waals surface area (Å²) < 4.78 is 4.97. The third-order valence-corrected chi connectivity index (χ3v) is 2.26. The van der Waals surface area contributed by atoms with Gasteiger partial charge in [0.05, 0.1) is 12.6 Å². The fourth-order valence-electron chi connectivity index (χ4n) is 1.14. The van der Waals surface area contributed by atoms with Crippen LogP contribution in [0.2, 0.25) is 0 Å². The van der Waals surface area contributed by atoms with Gasteiger partial charge >= 0.3 is 0 Å². The molecule has 0 aromatic rings. The Morgan fingerprint density at radius 3 is 2.67 bits per heavy atom. The van der Waals surface area contributed by atoms with Crippen LogP contribution in [-0.2, 0) is 9.53 Å². The normalized spacial score (nSPS) is 12.9. The topological polar surface area (TPSA) is 53.6 Å². The summed E-state index contributed by atoms with van der Waals surface area (Å²) in [4.78, 5) is 13.3. The number of carbonyl (C=O) groups is 1. The van der Waals surface area contributed by atoms with Gasteiger partial charge in [-0.25, -0.2) is 0 Å². The van der Waals surface area contributed by atoms with Crippen molar-refractivity contribution in [2.75, 3.05) is 47.4 Å². The van der Waals surface area contributed by atoms with Gasteiger partial charge < -0.3 is 20.3 Å². The van der Waals surface area contributed by atoms with E-state index in [9.17, 15) is 4.79 Å². The lowest BCUT2D eigenvalue weighted by Crippen LogP contribution is -2.43. The highest BCUT2D eigenvalue weighted by atomic mass is 16.5. The minimum Gasteiger partial charge on any atom is -0.383 e. The summed E-state index contributed by atoms with van der Waals surface area (Å²) in [5, 5.41) is 5.75. The van der Waals surface area contributed by atoms with Gasteiger partial charge in [0.25, 0.3) is 0 Å². The predicted octanol–water partition coefficient (Wildman–Crippen LogP) is -0.711. The Kier molecular flexibility index (Phi) is 8.27. The molecule has 0 saturated carbocycles. The molecule has 1 unspecified atom stereocenters. The average molecular weight is 217 g/mol. The van der Waals surface area contributed by atoms with Gasteiger partial charge in [-0.15, -0.1) is 0 Å². The monoisotopic (exact) mass is 217 g/mol. The first-order valence-corrected chi connectivity index (χ1v) is 5.24. The first kappa shape index (κ1) is 14.3. The third-order valence-electron chi connectivity index (χ3n) is 2.26. The molecule has 15 heavy (non-hydrogen) atoms. The van der Waals surface area contributed by atoms with E-state index in [2.05, 4.69) is 15.5 Å². The van der Waals surface area contributed by atoms with E-state index in [1.165, 1.54) is 0 Å². The van der Waals surface area contributed by atoms with Crippen LogP contribution in [0.25, 0.3) is 0 Å². The molecule has 0 aromatic heterocycles. The maximum Gasteiger partial charge on any atom is 0.236 e. The Bertz CT molecular complexity index is 176. The Morgan fingerprint density at radius 2 is 2.13 bits per heavy atom. The van der Waals surface area contributed by atoms with Gasteiger partial charge in [0.15, 0.2) is 0 Å². The predicted molar refractivity (Wildman–Crippen MR) is 60.9 cm³/mol. The van der Waals surface area contributed by atoms with E-state index in [4.69, 9.17) is 4.74 Å². The van der Waals surface area contributed by atoms with Gasteiger partial charge in [-0.05, 0) is 14.0 Å². The van der Waals surface area contributed by atoms with Crippen molar-refractivity contribution in [3.63, 3.8) is 0 Å². The summed E-state index contributed by atoms with van der Waals surface area (Å²) in [6, 6.07) is -0.133. The molecule has 0 aliphatic heterocycles. The highest BCUT2D eigenvalue weighted by molar-refractivity contribution is 5.80. The second-order valence-corrected chi connectivity index (χ2v) is 3.59. The summed E-state index contributed by atoms with van der Waals surface area (Å²) >= 11 is 0. The second kappa shape index (κ2) is 8.64. The minimum absolute atomic E-state index is 0.0227. The smallest absolute Gasteiger partial charge is 0.236 e. The van der Waals surface area contributed by atoms with Crippen LogP contribution in [0.3, 0.4) is 0 Å². The molecule has 0 bridgehead atoms. The zero-order chi connectivity index (χ0) is 11.7. The molecule has 0 aromatic carbocycles. The molecular formula is C10H23N3O2. The number of rotatable bonds is 8. The highest BCUT2D eigenvalue weighted by Gasteiger charge is 2.09. The number of hydrogen-bond donors (Lipinski definition) is 2. The number of carbonyl (C=O) groups excluding carboxylic acids is 1. The molecule has 1 amide bonds. The van der Waals surface area contributed by atoms with E-state index >= 15 is 0 Å². The molecule has 5 heteroatoms. The summed E-state index contributed by atoms with van der Waals surface area (Å²) in [7, 11) is 5.37. The standard InChI is InChI=1S/C10H23N3O2/c1-9(10(14)11-2)12-5-6-13(3)7-8-15-4/h9,12H,5-8H2,1-4H3,(H,11,14). The lowest BCUT2D eigenvalue weighted by atomic mass is 10.3. The molecule has 2 N–H and O–H groups in total. The zero-order valence-corrected chi connectivity index (χ0v) is 10.2. The van der Waals surface area contributed by atoms with E-state index in [0.29, 0.717) is 0 Å². The summed E-state index contributed by atoms with van der Waals surface area (Å²) in [6.07, 6.45) is 0. The quantitative estimate of drug-likeness (QED) is 0.564. The van der Waals surface area contributed by atoms with E-state index < -0.39 is 0 Å². The van der Waals surface area contributed by atoms with E-state index in [-0.39, 0.29) is 11.9 Å². The minimum atomic E-state index is -0.133. The molecule has 0 saturated heterocycles.